The smallest absolute Gasteiger partial charge is 0.253 e. The average Bonchev–Trinajstić information content (AvgIpc) is 2.77. The highest BCUT2D eigenvalue weighted by atomic mass is 35.5. The Labute approximate surface area is 117 Å². The van der Waals surface area contributed by atoms with Crippen molar-refractivity contribution in [2.24, 2.45) is 5.73 Å². The fraction of sp³-hybridized carbons (Fsp3) is 0.417. The number of carbonyl (C=O) groups excluding carboxylic acids is 1. The second-order valence-corrected chi connectivity index (χ2v) is 4.50. The molecule has 0 saturated carbocycles. The molecule has 2 rings (SSSR count). The molecule has 18 heavy (non-hydrogen) atoms. The monoisotopic (exact) mass is 290 g/mol. The number of amides is 1. The zero-order valence-corrected chi connectivity index (χ0v) is 11.3. The zero-order chi connectivity index (χ0) is 12.3. The summed E-state index contributed by atoms with van der Waals surface area (Å²) in [7, 11) is 0. The molecule has 1 heterocycles. The standard InChI is InChI=1S/C12H15ClN2O2.ClH/c13-8-2-1-3-9(6-8)15-12(16)11-5-4-10(7-14)17-11;/h1-3,6,10-11H,4-5,7,14H2,(H,15,16);1H/t10-,11+;/m1./s1. The molecule has 1 aliphatic heterocycles. The molecular weight excluding hydrogens is 275 g/mol. The topological polar surface area (TPSA) is 64.4 Å². The van der Waals surface area contributed by atoms with Gasteiger partial charge < -0.3 is 15.8 Å². The maximum absolute atomic E-state index is 11.9. The number of nitrogens with one attached hydrogen (secondary N) is 1. The number of anilines is 1. The summed E-state index contributed by atoms with van der Waals surface area (Å²) in [6.45, 7) is 0.459. The number of nitrogens with two attached hydrogens (primary N) is 1. The first kappa shape index (κ1) is 15.2. The predicted molar refractivity (Wildman–Crippen MR) is 74.3 cm³/mol. The molecule has 0 aliphatic carbocycles. The van der Waals surface area contributed by atoms with E-state index in [0.29, 0.717) is 23.7 Å². The van der Waals surface area contributed by atoms with Crippen molar-refractivity contribution in [1.29, 1.82) is 0 Å². The Balaban J connectivity index is 0.00000162. The Kier molecular flexibility index (Phi) is 5.88. The van der Waals surface area contributed by atoms with Crippen LogP contribution in [0.1, 0.15) is 12.8 Å². The van der Waals surface area contributed by atoms with Gasteiger partial charge in [0.25, 0.3) is 5.91 Å². The van der Waals surface area contributed by atoms with Gasteiger partial charge in [0.15, 0.2) is 0 Å². The van der Waals surface area contributed by atoms with E-state index >= 15 is 0 Å². The lowest BCUT2D eigenvalue weighted by atomic mass is 10.2. The summed E-state index contributed by atoms with van der Waals surface area (Å²) in [5, 5.41) is 3.37. The van der Waals surface area contributed by atoms with Crippen molar-refractivity contribution in [3.63, 3.8) is 0 Å². The number of hydrogen-bond acceptors (Lipinski definition) is 3. The van der Waals surface area contributed by atoms with E-state index in [4.69, 9.17) is 22.1 Å². The molecule has 1 saturated heterocycles. The summed E-state index contributed by atoms with van der Waals surface area (Å²) in [5.41, 5.74) is 6.18. The number of rotatable bonds is 3. The van der Waals surface area contributed by atoms with E-state index in [1.54, 1.807) is 24.3 Å². The molecule has 0 spiro atoms. The molecule has 4 nitrogen and oxygen atoms in total. The third-order valence-electron chi connectivity index (χ3n) is 2.76. The minimum Gasteiger partial charge on any atom is -0.364 e. The molecule has 1 fully saturated rings. The lowest BCUT2D eigenvalue weighted by Gasteiger charge is -2.12. The molecule has 3 N–H and O–H groups in total. The van der Waals surface area contributed by atoms with Crippen molar-refractivity contribution in [1.82, 2.24) is 0 Å². The Hall–Kier alpha value is -0.810. The first-order valence-electron chi connectivity index (χ1n) is 5.61. The largest absolute Gasteiger partial charge is 0.364 e. The van der Waals surface area contributed by atoms with Crippen LogP contribution in [0.4, 0.5) is 5.69 Å². The van der Waals surface area contributed by atoms with Crippen LogP contribution in [0.5, 0.6) is 0 Å². The highest BCUT2D eigenvalue weighted by molar-refractivity contribution is 6.30. The molecule has 6 heteroatoms. The summed E-state index contributed by atoms with van der Waals surface area (Å²) >= 11 is 5.83. The molecule has 1 aromatic carbocycles. The van der Waals surface area contributed by atoms with Crippen LogP contribution in [0.3, 0.4) is 0 Å². The quantitative estimate of drug-likeness (QED) is 0.897. The molecule has 0 aromatic heterocycles. The highest BCUT2D eigenvalue weighted by Crippen LogP contribution is 2.21. The van der Waals surface area contributed by atoms with E-state index in [2.05, 4.69) is 5.32 Å². The lowest BCUT2D eigenvalue weighted by molar-refractivity contribution is -0.126. The number of benzene rings is 1. The van der Waals surface area contributed by atoms with Gasteiger partial charge in [0.05, 0.1) is 6.10 Å². The van der Waals surface area contributed by atoms with Gasteiger partial charge in [-0.2, -0.15) is 0 Å². The van der Waals surface area contributed by atoms with Crippen LogP contribution in [0.15, 0.2) is 24.3 Å². The molecular formula is C12H16Cl2N2O2. The normalized spacial score (nSPS) is 22.3. The Bertz CT molecular complexity index is 415. The molecule has 1 aliphatic rings. The molecule has 0 bridgehead atoms. The minimum absolute atomic E-state index is 0. The van der Waals surface area contributed by atoms with E-state index < -0.39 is 6.10 Å². The van der Waals surface area contributed by atoms with Crippen molar-refractivity contribution in [2.75, 3.05) is 11.9 Å². The van der Waals surface area contributed by atoms with E-state index in [1.807, 2.05) is 0 Å². The first-order valence-corrected chi connectivity index (χ1v) is 5.99. The summed E-state index contributed by atoms with van der Waals surface area (Å²) < 4.78 is 5.50. The third-order valence-corrected chi connectivity index (χ3v) is 2.99. The number of carbonyl (C=O) groups is 1. The van der Waals surface area contributed by atoms with Gasteiger partial charge >= 0.3 is 0 Å². The maximum atomic E-state index is 11.9. The fourth-order valence-electron chi connectivity index (χ4n) is 1.86. The molecule has 0 radical (unpaired) electrons. The van der Waals surface area contributed by atoms with Gasteiger partial charge in [0, 0.05) is 17.3 Å². The lowest BCUT2D eigenvalue weighted by Crippen LogP contribution is -2.29. The Morgan fingerprint density at radius 2 is 2.28 bits per heavy atom. The van der Waals surface area contributed by atoms with Crippen LogP contribution in [-0.2, 0) is 9.53 Å². The summed E-state index contributed by atoms with van der Waals surface area (Å²) in [5.74, 6) is -0.136. The van der Waals surface area contributed by atoms with Gasteiger partial charge in [-0.1, -0.05) is 17.7 Å². The van der Waals surface area contributed by atoms with Crippen molar-refractivity contribution in [3.05, 3.63) is 29.3 Å². The third kappa shape index (κ3) is 3.85. The van der Waals surface area contributed by atoms with E-state index in [1.165, 1.54) is 0 Å². The van der Waals surface area contributed by atoms with Gasteiger partial charge in [-0.05, 0) is 31.0 Å². The van der Waals surface area contributed by atoms with Gasteiger partial charge in [-0.3, -0.25) is 4.79 Å². The van der Waals surface area contributed by atoms with Crippen molar-refractivity contribution >= 4 is 35.6 Å². The fourth-order valence-corrected chi connectivity index (χ4v) is 2.05. The minimum atomic E-state index is -0.400. The number of halogens is 2. The average molecular weight is 291 g/mol. The first-order chi connectivity index (χ1) is 8.19. The van der Waals surface area contributed by atoms with Crippen LogP contribution in [0.25, 0.3) is 0 Å². The van der Waals surface area contributed by atoms with Crippen LogP contribution in [0.2, 0.25) is 5.02 Å². The molecule has 1 aromatic rings. The van der Waals surface area contributed by atoms with Gasteiger partial charge in [0.2, 0.25) is 0 Å². The van der Waals surface area contributed by atoms with Crippen LogP contribution >= 0.6 is 24.0 Å². The van der Waals surface area contributed by atoms with E-state index in [0.717, 1.165) is 6.42 Å². The Morgan fingerprint density at radius 3 is 2.89 bits per heavy atom. The van der Waals surface area contributed by atoms with Gasteiger partial charge in [0.1, 0.15) is 6.10 Å². The SMILES string of the molecule is Cl.NC[C@H]1CC[C@@H](C(=O)Nc2cccc(Cl)c2)O1. The Morgan fingerprint density at radius 1 is 1.50 bits per heavy atom. The van der Waals surface area contributed by atoms with Crippen molar-refractivity contribution in [2.45, 2.75) is 25.0 Å². The summed E-state index contributed by atoms with van der Waals surface area (Å²) in [4.78, 5) is 11.9. The van der Waals surface area contributed by atoms with E-state index in [-0.39, 0.29) is 24.4 Å². The highest BCUT2D eigenvalue weighted by Gasteiger charge is 2.29. The second-order valence-electron chi connectivity index (χ2n) is 4.06. The van der Waals surface area contributed by atoms with Crippen molar-refractivity contribution < 1.29 is 9.53 Å². The molecule has 100 valence electrons. The van der Waals surface area contributed by atoms with Gasteiger partial charge in [-0.25, -0.2) is 0 Å². The number of hydrogen-bond donors (Lipinski definition) is 2. The van der Waals surface area contributed by atoms with Crippen LogP contribution in [0, 0.1) is 0 Å². The number of ether oxygens (including phenoxy) is 1. The maximum Gasteiger partial charge on any atom is 0.253 e. The van der Waals surface area contributed by atoms with Crippen molar-refractivity contribution in [3.8, 4) is 0 Å². The van der Waals surface area contributed by atoms with Gasteiger partial charge in [-0.15, -0.1) is 12.4 Å². The second kappa shape index (κ2) is 6.95. The van der Waals surface area contributed by atoms with E-state index in [9.17, 15) is 4.79 Å². The molecule has 0 unspecified atom stereocenters. The molecule has 1 amide bonds. The zero-order valence-electron chi connectivity index (χ0n) is 9.77. The van der Waals surface area contributed by atoms with Crippen LogP contribution in [-0.4, -0.2) is 24.7 Å². The van der Waals surface area contributed by atoms with Crippen LogP contribution < -0.4 is 11.1 Å². The predicted octanol–water partition coefficient (Wildman–Crippen LogP) is 2.21. The molecule has 2 atom stereocenters. The summed E-state index contributed by atoms with van der Waals surface area (Å²) in [6.07, 6.45) is 1.16. The summed E-state index contributed by atoms with van der Waals surface area (Å²) in [6, 6.07) is 7.04.